The molecule has 1 amide bonds. The number of hydrogen-bond donors (Lipinski definition) is 0. The average Bonchev–Trinajstić information content (AvgIpc) is 2.61. The van der Waals surface area contributed by atoms with Crippen molar-refractivity contribution in [3.8, 4) is 17.2 Å². The van der Waals surface area contributed by atoms with Gasteiger partial charge in [0.05, 0.1) is 21.3 Å². The zero-order valence-electron chi connectivity index (χ0n) is 13.8. The van der Waals surface area contributed by atoms with Gasteiger partial charge in [0, 0.05) is 25.2 Å². The van der Waals surface area contributed by atoms with Gasteiger partial charge in [0.1, 0.15) is 17.2 Å². The smallest absolute Gasteiger partial charge is 0.254 e. The van der Waals surface area contributed by atoms with Crippen molar-refractivity contribution in [3.63, 3.8) is 0 Å². The summed E-state index contributed by atoms with van der Waals surface area (Å²) >= 11 is 0. The summed E-state index contributed by atoms with van der Waals surface area (Å²) in [7, 11) is 6.51. The van der Waals surface area contributed by atoms with Crippen LogP contribution in [0.4, 0.5) is 0 Å². The molecule has 0 aliphatic carbocycles. The van der Waals surface area contributed by atoms with Crippen LogP contribution >= 0.6 is 0 Å². The highest BCUT2D eigenvalue weighted by Gasteiger charge is 2.14. The summed E-state index contributed by atoms with van der Waals surface area (Å²) in [6, 6.07) is 12.8. The molecule has 0 fully saturated rings. The van der Waals surface area contributed by atoms with Gasteiger partial charge in [-0.1, -0.05) is 12.1 Å². The monoisotopic (exact) mass is 315 g/mol. The topological polar surface area (TPSA) is 48.0 Å². The first-order valence-electron chi connectivity index (χ1n) is 7.19. The van der Waals surface area contributed by atoms with E-state index in [0.29, 0.717) is 23.6 Å². The second-order valence-electron chi connectivity index (χ2n) is 5.11. The summed E-state index contributed by atoms with van der Waals surface area (Å²) in [6.07, 6.45) is 0. The van der Waals surface area contributed by atoms with E-state index in [1.165, 1.54) is 0 Å². The Balaban J connectivity index is 2.15. The summed E-state index contributed by atoms with van der Waals surface area (Å²) in [5.74, 6) is 1.87. The fourth-order valence-corrected chi connectivity index (χ4v) is 2.23. The summed E-state index contributed by atoms with van der Waals surface area (Å²) in [4.78, 5) is 14.2. The Morgan fingerprint density at radius 3 is 1.87 bits per heavy atom. The molecule has 23 heavy (non-hydrogen) atoms. The Kier molecular flexibility index (Phi) is 5.46. The fraction of sp³-hybridized carbons (Fsp3) is 0.278. The Morgan fingerprint density at radius 1 is 0.870 bits per heavy atom. The first-order chi connectivity index (χ1) is 11.1. The minimum atomic E-state index is -0.0991. The Labute approximate surface area is 136 Å². The molecule has 2 aromatic carbocycles. The molecule has 2 rings (SSSR count). The first kappa shape index (κ1) is 16.7. The molecule has 0 bridgehead atoms. The van der Waals surface area contributed by atoms with Crippen LogP contribution in [0.2, 0.25) is 0 Å². The van der Waals surface area contributed by atoms with Crippen molar-refractivity contribution in [2.45, 2.75) is 6.54 Å². The van der Waals surface area contributed by atoms with Crippen molar-refractivity contribution in [2.24, 2.45) is 0 Å². The SMILES string of the molecule is COc1ccc(CN(C)C(=O)c2cc(OC)cc(OC)c2)cc1. The lowest BCUT2D eigenvalue weighted by Crippen LogP contribution is -2.26. The lowest BCUT2D eigenvalue weighted by atomic mass is 10.1. The highest BCUT2D eigenvalue weighted by molar-refractivity contribution is 5.94. The van der Waals surface area contributed by atoms with Crippen LogP contribution in [0.15, 0.2) is 42.5 Å². The number of carbonyl (C=O) groups excluding carboxylic acids is 1. The van der Waals surface area contributed by atoms with E-state index >= 15 is 0 Å². The maximum atomic E-state index is 12.6. The summed E-state index contributed by atoms with van der Waals surface area (Å²) in [5.41, 5.74) is 1.55. The highest BCUT2D eigenvalue weighted by atomic mass is 16.5. The molecule has 0 radical (unpaired) electrons. The number of methoxy groups -OCH3 is 3. The molecule has 0 aromatic heterocycles. The zero-order chi connectivity index (χ0) is 16.8. The van der Waals surface area contributed by atoms with E-state index in [0.717, 1.165) is 11.3 Å². The maximum Gasteiger partial charge on any atom is 0.254 e. The number of carbonyl (C=O) groups is 1. The molecular formula is C18H21NO4. The molecule has 5 heteroatoms. The van der Waals surface area contributed by atoms with Gasteiger partial charge in [-0.2, -0.15) is 0 Å². The molecule has 122 valence electrons. The van der Waals surface area contributed by atoms with Crippen molar-refractivity contribution in [1.29, 1.82) is 0 Å². The van der Waals surface area contributed by atoms with Gasteiger partial charge in [-0.05, 0) is 29.8 Å². The van der Waals surface area contributed by atoms with Gasteiger partial charge in [-0.3, -0.25) is 4.79 Å². The zero-order valence-corrected chi connectivity index (χ0v) is 13.8. The third-order valence-corrected chi connectivity index (χ3v) is 3.52. The van der Waals surface area contributed by atoms with Gasteiger partial charge in [-0.15, -0.1) is 0 Å². The molecule has 2 aromatic rings. The Bertz CT molecular complexity index is 645. The summed E-state index contributed by atoms with van der Waals surface area (Å²) in [6.45, 7) is 0.502. The minimum Gasteiger partial charge on any atom is -0.497 e. The molecule has 0 N–H and O–H groups in total. The molecule has 5 nitrogen and oxygen atoms in total. The largest absolute Gasteiger partial charge is 0.497 e. The first-order valence-corrected chi connectivity index (χ1v) is 7.19. The number of amides is 1. The Morgan fingerprint density at radius 2 is 1.39 bits per heavy atom. The molecular weight excluding hydrogens is 294 g/mol. The van der Waals surface area contributed by atoms with Crippen molar-refractivity contribution in [3.05, 3.63) is 53.6 Å². The standard InChI is InChI=1S/C18H21NO4/c1-19(12-13-5-7-15(21-2)8-6-13)18(20)14-9-16(22-3)11-17(10-14)23-4/h5-11H,12H2,1-4H3. The van der Waals surface area contributed by atoms with Gasteiger partial charge >= 0.3 is 0 Å². The van der Waals surface area contributed by atoms with Crippen LogP contribution in [0.5, 0.6) is 17.2 Å². The molecule has 0 saturated heterocycles. The molecule has 0 aliphatic rings. The second-order valence-corrected chi connectivity index (χ2v) is 5.11. The number of hydrogen-bond acceptors (Lipinski definition) is 4. The number of nitrogens with zero attached hydrogens (tertiary/aromatic N) is 1. The van der Waals surface area contributed by atoms with Gasteiger partial charge < -0.3 is 19.1 Å². The van der Waals surface area contributed by atoms with E-state index in [-0.39, 0.29) is 5.91 Å². The van der Waals surface area contributed by atoms with E-state index in [4.69, 9.17) is 14.2 Å². The minimum absolute atomic E-state index is 0.0991. The number of rotatable bonds is 6. The Hall–Kier alpha value is -2.69. The summed E-state index contributed by atoms with van der Waals surface area (Å²) < 4.78 is 15.5. The normalized spacial score (nSPS) is 10.1. The molecule has 0 atom stereocenters. The van der Waals surface area contributed by atoms with E-state index in [2.05, 4.69) is 0 Å². The van der Waals surface area contributed by atoms with Crippen molar-refractivity contribution >= 4 is 5.91 Å². The van der Waals surface area contributed by atoms with Crippen LogP contribution in [0, 0.1) is 0 Å². The summed E-state index contributed by atoms with van der Waals surface area (Å²) in [5, 5.41) is 0. The predicted molar refractivity (Wildman–Crippen MR) is 88.3 cm³/mol. The fourth-order valence-electron chi connectivity index (χ4n) is 2.23. The molecule has 0 aliphatic heterocycles. The van der Waals surface area contributed by atoms with Gasteiger partial charge in [0.25, 0.3) is 5.91 Å². The van der Waals surface area contributed by atoms with Crippen LogP contribution in [-0.4, -0.2) is 39.2 Å². The molecule has 0 saturated carbocycles. The van der Waals surface area contributed by atoms with Crippen LogP contribution < -0.4 is 14.2 Å². The predicted octanol–water partition coefficient (Wildman–Crippen LogP) is 2.98. The van der Waals surface area contributed by atoms with E-state index in [9.17, 15) is 4.79 Å². The van der Waals surface area contributed by atoms with Crippen LogP contribution in [-0.2, 0) is 6.54 Å². The maximum absolute atomic E-state index is 12.6. The molecule has 0 unspecified atom stereocenters. The number of ether oxygens (including phenoxy) is 3. The van der Waals surface area contributed by atoms with E-state index in [1.807, 2.05) is 24.3 Å². The van der Waals surface area contributed by atoms with Crippen molar-refractivity contribution < 1.29 is 19.0 Å². The lowest BCUT2D eigenvalue weighted by Gasteiger charge is -2.18. The van der Waals surface area contributed by atoms with E-state index in [1.54, 1.807) is 51.5 Å². The average molecular weight is 315 g/mol. The van der Waals surface area contributed by atoms with E-state index < -0.39 is 0 Å². The lowest BCUT2D eigenvalue weighted by molar-refractivity contribution is 0.0784. The van der Waals surface area contributed by atoms with Gasteiger partial charge in [0.15, 0.2) is 0 Å². The number of benzene rings is 2. The highest BCUT2D eigenvalue weighted by Crippen LogP contribution is 2.23. The molecule has 0 spiro atoms. The van der Waals surface area contributed by atoms with Crippen LogP contribution in [0.3, 0.4) is 0 Å². The molecule has 0 heterocycles. The third kappa shape index (κ3) is 4.16. The quantitative estimate of drug-likeness (QED) is 0.822. The van der Waals surface area contributed by atoms with Crippen LogP contribution in [0.25, 0.3) is 0 Å². The third-order valence-electron chi connectivity index (χ3n) is 3.52. The van der Waals surface area contributed by atoms with Crippen molar-refractivity contribution in [2.75, 3.05) is 28.4 Å². The second kappa shape index (κ2) is 7.54. The van der Waals surface area contributed by atoms with Crippen molar-refractivity contribution in [1.82, 2.24) is 4.90 Å². The van der Waals surface area contributed by atoms with Gasteiger partial charge in [-0.25, -0.2) is 0 Å². The van der Waals surface area contributed by atoms with Gasteiger partial charge in [0.2, 0.25) is 0 Å². The van der Waals surface area contributed by atoms with Crippen LogP contribution in [0.1, 0.15) is 15.9 Å².